The summed E-state index contributed by atoms with van der Waals surface area (Å²) in [4.78, 5) is 26.2. The zero-order valence-corrected chi connectivity index (χ0v) is 14.6. The number of hydrogen-bond donors (Lipinski definition) is 1. The van der Waals surface area contributed by atoms with E-state index in [-0.39, 0.29) is 11.8 Å². The quantitative estimate of drug-likeness (QED) is 0.671. The molecule has 0 atom stereocenters. The second-order valence-electron chi connectivity index (χ2n) is 4.79. The molecule has 2 amide bonds. The van der Waals surface area contributed by atoms with Gasteiger partial charge in [0.1, 0.15) is 0 Å². The van der Waals surface area contributed by atoms with E-state index in [2.05, 4.69) is 5.43 Å². The van der Waals surface area contributed by atoms with Gasteiger partial charge in [0.15, 0.2) is 4.32 Å². The summed E-state index contributed by atoms with van der Waals surface area (Å²) in [7, 11) is 0. The first-order chi connectivity index (χ1) is 11.1. The van der Waals surface area contributed by atoms with Crippen molar-refractivity contribution < 1.29 is 9.59 Å². The summed E-state index contributed by atoms with van der Waals surface area (Å²) >= 11 is 7.93. The van der Waals surface area contributed by atoms with Crippen LogP contribution in [0, 0.1) is 6.92 Å². The van der Waals surface area contributed by atoms with Crippen molar-refractivity contribution in [2.45, 2.75) is 6.92 Å². The van der Waals surface area contributed by atoms with Crippen LogP contribution in [0.1, 0.15) is 20.8 Å². The highest BCUT2D eigenvalue weighted by molar-refractivity contribution is 8.26. The van der Waals surface area contributed by atoms with Crippen LogP contribution in [0.2, 0.25) is 0 Å². The predicted octanol–water partition coefficient (Wildman–Crippen LogP) is 3.60. The minimum Gasteiger partial charge on any atom is -0.267 e. The zero-order chi connectivity index (χ0) is 16.4. The van der Waals surface area contributed by atoms with Gasteiger partial charge in [-0.3, -0.25) is 15.0 Å². The van der Waals surface area contributed by atoms with Gasteiger partial charge < -0.3 is 0 Å². The number of amides is 2. The van der Waals surface area contributed by atoms with Gasteiger partial charge in [0.2, 0.25) is 0 Å². The minimum absolute atomic E-state index is 0.310. The number of thiocarbonyl (C=S) groups is 1. The Morgan fingerprint density at radius 2 is 2.04 bits per heavy atom. The summed E-state index contributed by atoms with van der Waals surface area (Å²) in [5, 5.41) is 3.07. The number of carbonyl (C=O) groups is 2. The number of benzene rings is 1. The molecule has 3 rings (SSSR count). The molecule has 0 aliphatic carbocycles. The molecule has 2 aromatic rings. The third-order valence-corrected chi connectivity index (χ3v) is 5.33. The van der Waals surface area contributed by atoms with Gasteiger partial charge in [0.05, 0.1) is 4.91 Å². The van der Waals surface area contributed by atoms with Gasteiger partial charge in [-0.25, -0.2) is 0 Å². The minimum atomic E-state index is -0.350. The van der Waals surface area contributed by atoms with Crippen LogP contribution < -0.4 is 5.43 Å². The first kappa shape index (κ1) is 15.9. The molecule has 1 saturated heterocycles. The number of aryl methyl sites for hydroxylation is 1. The van der Waals surface area contributed by atoms with Gasteiger partial charge in [-0.1, -0.05) is 36.0 Å². The normalized spacial score (nSPS) is 16.2. The summed E-state index contributed by atoms with van der Waals surface area (Å²) < 4.78 is 0.319. The van der Waals surface area contributed by atoms with Crippen LogP contribution in [0.25, 0.3) is 6.08 Å². The van der Waals surface area contributed by atoms with Crippen molar-refractivity contribution in [2.75, 3.05) is 0 Å². The van der Waals surface area contributed by atoms with Crippen LogP contribution >= 0.6 is 35.3 Å². The molecule has 1 fully saturated rings. The van der Waals surface area contributed by atoms with Crippen molar-refractivity contribution in [1.82, 2.24) is 10.4 Å². The highest BCUT2D eigenvalue weighted by Gasteiger charge is 2.34. The molecule has 1 aliphatic rings. The molecular weight excluding hydrogens is 348 g/mol. The molecule has 0 bridgehead atoms. The monoisotopic (exact) mass is 360 g/mol. The molecule has 0 radical (unpaired) electrons. The first-order valence-electron chi connectivity index (χ1n) is 6.74. The fraction of sp³-hybridized carbons (Fsp3) is 0.0625. The Bertz CT molecular complexity index is 812. The van der Waals surface area contributed by atoms with Gasteiger partial charge in [0.25, 0.3) is 11.8 Å². The van der Waals surface area contributed by atoms with E-state index in [4.69, 9.17) is 12.2 Å². The summed E-state index contributed by atoms with van der Waals surface area (Å²) in [6.07, 6.45) is 1.78. The lowest BCUT2D eigenvalue weighted by Gasteiger charge is -2.16. The molecule has 2 heterocycles. The summed E-state index contributed by atoms with van der Waals surface area (Å²) in [6, 6.07) is 11.0. The Balaban J connectivity index is 1.79. The van der Waals surface area contributed by atoms with E-state index in [0.717, 1.165) is 15.4 Å². The first-order valence-corrected chi connectivity index (χ1v) is 8.85. The van der Waals surface area contributed by atoms with Crippen LogP contribution in [-0.2, 0) is 4.79 Å². The Morgan fingerprint density at radius 3 is 2.74 bits per heavy atom. The van der Waals surface area contributed by atoms with Crippen LogP contribution in [0.15, 0.2) is 46.7 Å². The summed E-state index contributed by atoms with van der Waals surface area (Å²) in [5.41, 5.74) is 3.95. The second kappa shape index (κ2) is 6.66. The lowest BCUT2D eigenvalue weighted by Crippen LogP contribution is -2.45. The van der Waals surface area contributed by atoms with Crippen LogP contribution in [-0.4, -0.2) is 21.1 Å². The number of thiophene rings is 1. The van der Waals surface area contributed by atoms with Gasteiger partial charge >= 0.3 is 0 Å². The Morgan fingerprint density at radius 1 is 1.26 bits per heavy atom. The summed E-state index contributed by atoms with van der Waals surface area (Å²) in [6.45, 7) is 1.84. The number of thioether (sulfide) groups is 1. The maximum Gasteiger partial charge on any atom is 0.285 e. The Kier molecular flexibility index (Phi) is 4.61. The van der Waals surface area contributed by atoms with E-state index in [1.165, 1.54) is 23.1 Å². The Hall–Kier alpha value is -1.96. The highest BCUT2D eigenvalue weighted by atomic mass is 32.2. The number of nitrogens with zero attached hydrogens (tertiary/aromatic N) is 1. The average molecular weight is 360 g/mol. The van der Waals surface area contributed by atoms with E-state index in [1.807, 2.05) is 36.6 Å². The van der Waals surface area contributed by atoms with E-state index < -0.39 is 0 Å². The molecule has 0 unspecified atom stereocenters. The third kappa shape index (κ3) is 3.36. The Labute approximate surface area is 147 Å². The number of carbonyl (C=O) groups excluding carboxylic acids is 2. The third-order valence-electron chi connectivity index (χ3n) is 3.21. The maximum atomic E-state index is 12.4. The lowest BCUT2D eigenvalue weighted by atomic mass is 10.1. The second-order valence-corrected chi connectivity index (χ2v) is 7.44. The number of nitrogens with one attached hydrogen (secondary N) is 1. The van der Waals surface area contributed by atoms with Crippen molar-refractivity contribution in [3.63, 3.8) is 0 Å². The molecule has 1 aliphatic heterocycles. The molecule has 23 heavy (non-hydrogen) atoms. The van der Waals surface area contributed by atoms with Crippen LogP contribution in [0.4, 0.5) is 0 Å². The standard InChI is InChI=1S/C16H12N2O2S3/c1-10-5-2-3-7-12(10)14(19)17-18-15(20)13(23-16(18)21)9-11-6-4-8-22-11/h2-9H,1H3,(H,17,19)/b13-9+. The van der Waals surface area contributed by atoms with Crippen molar-refractivity contribution >= 4 is 57.5 Å². The van der Waals surface area contributed by atoms with Gasteiger partial charge in [-0.15, -0.1) is 11.3 Å². The largest absolute Gasteiger partial charge is 0.285 e. The molecule has 0 spiro atoms. The topological polar surface area (TPSA) is 49.4 Å². The predicted molar refractivity (Wildman–Crippen MR) is 98.0 cm³/mol. The molecule has 116 valence electrons. The smallest absolute Gasteiger partial charge is 0.267 e. The zero-order valence-electron chi connectivity index (χ0n) is 12.1. The van der Waals surface area contributed by atoms with E-state index in [9.17, 15) is 9.59 Å². The van der Waals surface area contributed by atoms with Crippen molar-refractivity contribution in [3.05, 3.63) is 62.7 Å². The SMILES string of the molecule is Cc1ccccc1C(=O)NN1C(=O)/C(=C\c2cccs2)SC1=S. The fourth-order valence-electron chi connectivity index (χ4n) is 2.06. The fourth-order valence-corrected chi connectivity index (χ4v) is 3.96. The maximum absolute atomic E-state index is 12.4. The molecule has 4 nitrogen and oxygen atoms in total. The molecule has 1 aromatic heterocycles. The van der Waals surface area contributed by atoms with E-state index >= 15 is 0 Å². The van der Waals surface area contributed by atoms with Gasteiger partial charge in [0, 0.05) is 10.4 Å². The lowest BCUT2D eigenvalue weighted by molar-refractivity contribution is -0.123. The number of hydrogen-bond acceptors (Lipinski definition) is 5. The number of rotatable bonds is 3. The van der Waals surface area contributed by atoms with E-state index in [0.29, 0.717) is 14.8 Å². The summed E-state index contributed by atoms with van der Waals surface area (Å²) in [5.74, 6) is -0.660. The highest BCUT2D eigenvalue weighted by Crippen LogP contribution is 2.32. The molecule has 7 heteroatoms. The molecular formula is C16H12N2O2S3. The van der Waals surface area contributed by atoms with Gasteiger partial charge in [-0.05, 0) is 48.3 Å². The van der Waals surface area contributed by atoms with Crippen molar-refractivity contribution in [2.24, 2.45) is 0 Å². The van der Waals surface area contributed by atoms with Crippen molar-refractivity contribution in [3.8, 4) is 0 Å². The van der Waals surface area contributed by atoms with E-state index in [1.54, 1.807) is 18.2 Å². The molecule has 0 saturated carbocycles. The van der Waals surface area contributed by atoms with Crippen LogP contribution in [0.3, 0.4) is 0 Å². The van der Waals surface area contributed by atoms with Crippen LogP contribution in [0.5, 0.6) is 0 Å². The molecule has 1 aromatic carbocycles. The van der Waals surface area contributed by atoms with Crippen molar-refractivity contribution in [1.29, 1.82) is 0 Å². The van der Waals surface area contributed by atoms with Gasteiger partial charge in [-0.2, -0.15) is 5.01 Å². The molecule has 1 N–H and O–H groups in total. The average Bonchev–Trinajstić information content (AvgIpc) is 3.12. The number of hydrazine groups is 1.